The van der Waals surface area contributed by atoms with Crippen LogP contribution in [0.2, 0.25) is 0 Å². The summed E-state index contributed by atoms with van der Waals surface area (Å²) in [6.45, 7) is 7.46. The van der Waals surface area contributed by atoms with Crippen molar-refractivity contribution in [2.45, 2.75) is 51.7 Å². The van der Waals surface area contributed by atoms with Gasteiger partial charge >= 0.3 is 5.97 Å². The van der Waals surface area contributed by atoms with Crippen LogP contribution < -0.4 is 0 Å². The van der Waals surface area contributed by atoms with E-state index in [2.05, 4.69) is 0 Å². The van der Waals surface area contributed by atoms with E-state index in [1.165, 1.54) is 4.31 Å². The molecule has 0 aliphatic carbocycles. The molecule has 18 heavy (non-hydrogen) atoms. The van der Waals surface area contributed by atoms with Crippen molar-refractivity contribution in [2.24, 2.45) is 5.41 Å². The van der Waals surface area contributed by atoms with Gasteiger partial charge < -0.3 is 5.11 Å². The molecule has 0 unspecified atom stereocenters. The largest absolute Gasteiger partial charge is 0.481 e. The van der Waals surface area contributed by atoms with Gasteiger partial charge in [0, 0.05) is 13.1 Å². The van der Waals surface area contributed by atoms with E-state index >= 15 is 0 Å². The van der Waals surface area contributed by atoms with Gasteiger partial charge in [0.05, 0.1) is 10.2 Å². The number of rotatable bonds is 3. The fourth-order valence-electron chi connectivity index (χ4n) is 2.26. The highest BCUT2D eigenvalue weighted by atomic mass is 32.2. The molecule has 0 radical (unpaired) electrons. The summed E-state index contributed by atoms with van der Waals surface area (Å²) in [7, 11) is -3.34. The van der Waals surface area contributed by atoms with E-state index < -0.39 is 26.2 Å². The van der Waals surface area contributed by atoms with Gasteiger partial charge in [0.15, 0.2) is 0 Å². The van der Waals surface area contributed by atoms with Gasteiger partial charge in [-0.3, -0.25) is 4.79 Å². The highest BCUT2D eigenvalue weighted by Gasteiger charge is 2.44. The van der Waals surface area contributed by atoms with Crippen molar-refractivity contribution in [2.75, 3.05) is 13.1 Å². The van der Waals surface area contributed by atoms with Crippen LogP contribution in [0.3, 0.4) is 0 Å². The molecule has 0 amide bonds. The first-order chi connectivity index (χ1) is 8.07. The maximum atomic E-state index is 12.3. The molecule has 0 bridgehead atoms. The van der Waals surface area contributed by atoms with Crippen molar-refractivity contribution in [3.05, 3.63) is 0 Å². The van der Waals surface area contributed by atoms with Crippen LogP contribution in [-0.2, 0) is 14.8 Å². The maximum absolute atomic E-state index is 12.3. The SMILES string of the molecule is CCC1(C(=O)O)CCN(S(=O)(=O)C(C)(C)C)CC1. The number of carboxylic acids is 1. The quantitative estimate of drug-likeness (QED) is 0.852. The molecule has 0 aromatic rings. The Hall–Kier alpha value is -0.620. The molecule has 1 rings (SSSR count). The number of piperidine rings is 1. The molecule has 0 spiro atoms. The Kier molecular flexibility index (Phi) is 4.13. The molecule has 1 heterocycles. The molecule has 0 atom stereocenters. The minimum Gasteiger partial charge on any atom is -0.481 e. The normalized spacial score (nSPS) is 21.8. The van der Waals surface area contributed by atoms with E-state index in [1.807, 2.05) is 6.92 Å². The number of nitrogens with zero attached hydrogens (tertiary/aromatic N) is 1. The Morgan fingerprint density at radius 3 is 2.00 bits per heavy atom. The predicted molar refractivity (Wildman–Crippen MR) is 69.8 cm³/mol. The summed E-state index contributed by atoms with van der Waals surface area (Å²) in [4.78, 5) is 11.3. The fraction of sp³-hybridized carbons (Fsp3) is 0.917. The van der Waals surface area contributed by atoms with Crippen molar-refractivity contribution in [3.63, 3.8) is 0 Å². The van der Waals surface area contributed by atoms with Crippen LogP contribution in [-0.4, -0.2) is 41.6 Å². The molecule has 1 aliphatic heterocycles. The predicted octanol–water partition coefficient (Wildman–Crippen LogP) is 1.69. The number of carboxylic acid groups (broad SMARTS) is 1. The van der Waals surface area contributed by atoms with Crippen LogP contribution in [0.5, 0.6) is 0 Å². The van der Waals surface area contributed by atoms with Crippen molar-refractivity contribution in [3.8, 4) is 0 Å². The van der Waals surface area contributed by atoms with Crippen LogP contribution in [0.25, 0.3) is 0 Å². The van der Waals surface area contributed by atoms with E-state index in [4.69, 9.17) is 0 Å². The molecule has 6 heteroatoms. The summed E-state index contributed by atoms with van der Waals surface area (Å²) in [5.74, 6) is -0.808. The fourth-order valence-corrected chi connectivity index (χ4v) is 3.70. The van der Waals surface area contributed by atoms with Gasteiger partial charge in [-0.1, -0.05) is 6.92 Å². The first kappa shape index (κ1) is 15.4. The Bertz CT molecular complexity index is 414. The maximum Gasteiger partial charge on any atom is 0.309 e. The molecule has 1 saturated heterocycles. The molecule has 0 aromatic carbocycles. The third-order valence-corrected chi connectivity index (χ3v) is 6.52. The zero-order chi connectivity index (χ0) is 14.2. The second-order valence-electron chi connectivity index (χ2n) is 5.96. The van der Waals surface area contributed by atoms with Gasteiger partial charge in [-0.15, -0.1) is 0 Å². The van der Waals surface area contributed by atoms with Gasteiger partial charge in [0.1, 0.15) is 0 Å². The van der Waals surface area contributed by atoms with E-state index in [-0.39, 0.29) is 0 Å². The summed E-state index contributed by atoms with van der Waals surface area (Å²) in [6.07, 6.45) is 1.34. The van der Waals surface area contributed by atoms with Crippen molar-refractivity contribution >= 4 is 16.0 Å². The summed E-state index contributed by atoms with van der Waals surface area (Å²) in [5, 5.41) is 9.27. The second-order valence-corrected chi connectivity index (χ2v) is 8.65. The van der Waals surface area contributed by atoms with Crippen LogP contribution in [0.4, 0.5) is 0 Å². The number of carbonyl (C=O) groups is 1. The molecule has 106 valence electrons. The van der Waals surface area contributed by atoms with Gasteiger partial charge in [0.2, 0.25) is 10.0 Å². The average molecular weight is 277 g/mol. The number of hydrogen-bond acceptors (Lipinski definition) is 3. The van der Waals surface area contributed by atoms with Crippen LogP contribution in [0.1, 0.15) is 47.0 Å². The van der Waals surface area contributed by atoms with Crippen LogP contribution >= 0.6 is 0 Å². The molecule has 0 aromatic heterocycles. The third-order valence-electron chi connectivity index (χ3n) is 3.92. The lowest BCUT2D eigenvalue weighted by molar-refractivity contribution is -0.151. The van der Waals surface area contributed by atoms with Crippen molar-refractivity contribution in [1.82, 2.24) is 4.31 Å². The molecule has 1 N–H and O–H groups in total. The first-order valence-electron chi connectivity index (χ1n) is 6.30. The third kappa shape index (κ3) is 2.54. The number of hydrogen-bond donors (Lipinski definition) is 1. The molecule has 1 aliphatic rings. The lowest BCUT2D eigenvalue weighted by Gasteiger charge is -2.39. The molecule has 1 fully saturated rings. The summed E-state index contributed by atoms with van der Waals surface area (Å²) < 4.78 is 25.1. The summed E-state index contributed by atoms with van der Waals surface area (Å²) in [5.41, 5.74) is -0.746. The number of sulfonamides is 1. The van der Waals surface area contributed by atoms with E-state index in [1.54, 1.807) is 20.8 Å². The lowest BCUT2D eigenvalue weighted by atomic mass is 9.77. The van der Waals surface area contributed by atoms with E-state index in [0.717, 1.165) is 0 Å². The zero-order valence-electron chi connectivity index (χ0n) is 11.6. The smallest absolute Gasteiger partial charge is 0.309 e. The van der Waals surface area contributed by atoms with E-state index in [9.17, 15) is 18.3 Å². The second kappa shape index (κ2) is 4.81. The molecular weight excluding hydrogens is 254 g/mol. The van der Waals surface area contributed by atoms with Gasteiger partial charge in [-0.25, -0.2) is 12.7 Å². The highest BCUT2D eigenvalue weighted by Crippen LogP contribution is 2.37. The Balaban J connectivity index is 2.85. The molecule has 5 nitrogen and oxygen atoms in total. The van der Waals surface area contributed by atoms with Crippen LogP contribution in [0.15, 0.2) is 0 Å². The molecular formula is C12H23NO4S. The zero-order valence-corrected chi connectivity index (χ0v) is 12.4. The Labute approximate surface area is 109 Å². The number of aliphatic carboxylic acids is 1. The van der Waals surface area contributed by atoms with Gasteiger partial charge in [-0.2, -0.15) is 0 Å². The lowest BCUT2D eigenvalue weighted by Crippen LogP contribution is -2.50. The highest BCUT2D eigenvalue weighted by molar-refractivity contribution is 7.90. The Morgan fingerprint density at radius 1 is 1.28 bits per heavy atom. The molecule has 0 saturated carbocycles. The summed E-state index contributed by atoms with van der Waals surface area (Å²) >= 11 is 0. The van der Waals surface area contributed by atoms with Crippen molar-refractivity contribution < 1.29 is 18.3 Å². The minimum atomic E-state index is -3.34. The topological polar surface area (TPSA) is 74.7 Å². The first-order valence-corrected chi connectivity index (χ1v) is 7.74. The minimum absolute atomic E-state index is 0.305. The monoisotopic (exact) mass is 277 g/mol. The van der Waals surface area contributed by atoms with Gasteiger partial charge in [-0.05, 0) is 40.0 Å². The summed E-state index contributed by atoms with van der Waals surface area (Å²) in [6, 6.07) is 0. The van der Waals surface area contributed by atoms with Crippen molar-refractivity contribution in [1.29, 1.82) is 0 Å². The van der Waals surface area contributed by atoms with Gasteiger partial charge in [0.25, 0.3) is 0 Å². The Morgan fingerprint density at radius 2 is 1.72 bits per heavy atom. The van der Waals surface area contributed by atoms with E-state index in [0.29, 0.717) is 32.4 Å². The standard InChI is InChI=1S/C12H23NO4S/c1-5-12(10(14)15)6-8-13(9-7-12)18(16,17)11(2,3)4/h5-9H2,1-4H3,(H,14,15). The van der Waals surface area contributed by atoms with Crippen LogP contribution in [0, 0.1) is 5.41 Å². The average Bonchev–Trinajstić information content (AvgIpc) is 2.27.